The van der Waals surface area contributed by atoms with Crippen LogP contribution in [0.3, 0.4) is 0 Å². The van der Waals surface area contributed by atoms with E-state index in [4.69, 9.17) is 21.3 Å². The van der Waals surface area contributed by atoms with E-state index in [0.717, 1.165) is 17.7 Å². The molecule has 0 spiro atoms. The lowest BCUT2D eigenvalue weighted by Gasteiger charge is -2.46. The molecule has 0 N–H and O–H groups in total. The largest absolute Gasteiger partial charge is 0.495 e. The number of nitrogens with zero attached hydrogens (tertiary/aromatic N) is 4. The van der Waals surface area contributed by atoms with Gasteiger partial charge in [0, 0.05) is 26.2 Å². The van der Waals surface area contributed by atoms with Gasteiger partial charge in [0.15, 0.2) is 0 Å². The molecule has 164 valence electrons. The van der Waals surface area contributed by atoms with E-state index in [-0.39, 0.29) is 30.2 Å². The molecule has 1 amide bonds. The van der Waals surface area contributed by atoms with Crippen molar-refractivity contribution >= 4 is 11.6 Å². The van der Waals surface area contributed by atoms with Crippen LogP contribution in [0.1, 0.15) is 22.8 Å². The Morgan fingerprint density at radius 2 is 2.16 bits per heavy atom. The Balaban J connectivity index is 1.37. The number of halogens is 1. The van der Waals surface area contributed by atoms with Gasteiger partial charge in [0.05, 0.1) is 44.4 Å². The van der Waals surface area contributed by atoms with E-state index < -0.39 is 5.82 Å². The van der Waals surface area contributed by atoms with Crippen LogP contribution < -0.4 is 4.74 Å². The lowest BCUT2D eigenvalue weighted by molar-refractivity contribution is -0.139. The van der Waals surface area contributed by atoms with Crippen molar-refractivity contribution in [1.29, 1.82) is 5.26 Å². The number of rotatable bonds is 4. The molecule has 0 aliphatic carbocycles. The molecule has 4 rings (SSSR count). The molecule has 8 heteroatoms. The summed E-state index contributed by atoms with van der Waals surface area (Å²) >= 11 is 0. The Morgan fingerprint density at radius 1 is 1.31 bits per heavy atom. The van der Waals surface area contributed by atoms with Gasteiger partial charge in [0.25, 0.3) is 0 Å². The minimum absolute atomic E-state index is 0.00284. The maximum Gasteiger partial charge on any atom is 0.227 e. The van der Waals surface area contributed by atoms with Crippen molar-refractivity contribution in [2.75, 3.05) is 39.9 Å². The Kier molecular flexibility index (Phi) is 6.36. The number of hydrogen-bond donors (Lipinski definition) is 0. The molecule has 7 nitrogen and oxygen atoms in total. The minimum atomic E-state index is -0.524. The van der Waals surface area contributed by atoms with Gasteiger partial charge in [-0.25, -0.2) is 9.24 Å². The molecule has 2 fully saturated rings. The predicted molar refractivity (Wildman–Crippen MR) is 115 cm³/mol. The Morgan fingerprint density at radius 3 is 2.91 bits per heavy atom. The number of carbonyl (C=O) groups is 1. The van der Waals surface area contributed by atoms with E-state index in [2.05, 4.69) is 15.8 Å². The minimum Gasteiger partial charge on any atom is -0.495 e. The number of piperazine rings is 1. The number of benzene rings is 2. The van der Waals surface area contributed by atoms with E-state index in [9.17, 15) is 9.18 Å². The van der Waals surface area contributed by atoms with E-state index in [1.807, 2.05) is 4.90 Å². The first-order valence-corrected chi connectivity index (χ1v) is 10.4. The van der Waals surface area contributed by atoms with Crippen molar-refractivity contribution in [3.63, 3.8) is 0 Å². The number of hydrogen-bond acceptors (Lipinski definition) is 5. The van der Waals surface area contributed by atoms with Crippen molar-refractivity contribution in [3.8, 4) is 11.8 Å². The Labute approximate surface area is 186 Å². The van der Waals surface area contributed by atoms with Gasteiger partial charge >= 0.3 is 0 Å². The number of fused-ring (bicyclic) bond motifs is 1. The molecule has 0 radical (unpaired) electrons. The van der Waals surface area contributed by atoms with Crippen LogP contribution in [0.5, 0.6) is 5.75 Å². The van der Waals surface area contributed by atoms with Gasteiger partial charge in [-0.2, -0.15) is 5.26 Å². The van der Waals surface area contributed by atoms with E-state index >= 15 is 0 Å². The zero-order chi connectivity index (χ0) is 22.7. The second kappa shape index (κ2) is 9.35. The summed E-state index contributed by atoms with van der Waals surface area (Å²) in [5.41, 5.74) is 2.04. The summed E-state index contributed by atoms with van der Waals surface area (Å²) in [6.07, 6.45) is 0.0217. The van der Waals surface area contributed by atoms with Gasteiger partial charge in [-0.15, -0.1) is 0 Å². The monoisotopic (exact) mass is 434 g/mol. The second-order valence-corrected chi connectivity index (χ2v) is 7.96. The zero-order valence-corrected chi connectivity index (χ0v) is 17.8. The highest BCUT2D eigenvalue weighted by Gasteiger charge is 2.35. The number of carbonyl (C=O) groups excluding carboxylic acids is 1. The quantitative estimate of drug-likeness (QED) is 0.692. The van der Waals surface area contributed by atoms with Crippen LogP contribution in [0.25, 0.3) is 4.85 Å². The molecule has 2 aliphatic rings. The van der Waals surface area contributed by atoms with Crippen LogP contribution in [0, 0.1) is 23.7 Å². The molecule has 2 heterocycles. The van der Waals surface area contributed by atoms with Crippen LogP contribution >= 0.6 is 0 Å². The first kappa shape index (κ1) is 21.8. The fourth-order valence-corrected chi connectivity index (χ4v) is 4.25. The SMILES string of the molecule is [C-]#[N+]c1cc([C@@H]2CN3CCN(C(=O)Cc4ccc(C#N)c(OC)c4)C[C@H]3CO2)ccc1F. The summed E-state index contributed by atoms with van der Waals surface area (Å²) in [5, 5.41) is 9.11. The maximum absolute atomic E-state index is 13.6. The van der Waals surface area contributed by atoms with Crippen LogP contribution in [-0.2, 0) is 16.0 Å². The third-order valence-electron chi connectivity index (χ3n) is 6.05. The highest BCUT2D eigenvalue weighted by Crippen LogP contribution is 2.30. The number of nitriles is 1. The molecule has 2 aliphatic heterocycles. The van der Waals surface area contributed by atoms with Gasteiger partial charge in [0.1, 0.15) is 17.6 Å². The second-order valence-electron chi connectivity index (χ2n) is 7.96. The van der Waals surface area contributed by atoms with Gasteiger partial charge < -0.3 is 14.4 Å². The number of morpholine rings is 1. The first-order valence-electron chi connectivity index (χ1n) is 10.4. The molecular formula is C24H23FN4O3. The smallest absolute Gasteiger partial charge is 0.227 e. The van der Waals surface area contributed by atoms with Gasteiger partial charge in [-0.1, -0.05) is 12.1 Å². The predicted octanol–water partition coefficient (Wildman–Crippen LogP) is 3.08. The average Bonchev–Trinajstić information content (AvgIpc) is 2.83. The molecular weight excluding hydrogens is 411 g/mol. The molecule has 0 unspecified atom stereocenters. The molecule has 0 bridgehead atoms. The standard InChI is InChI=1S/C24H23FN4O3/c1-27-21-11-17(5-6-20(21)25)23-14-28-7-8-29(13-19(28)15-32-23)24(30)10-16-3-4-18(12-26)22(9-16)31-2/h3-6,9,11,19,23H,7-8,10,13-15H2,2H3/t19-,23-/m0/s1. The summed E-state index contributed by atoms with van der Waals surface area (Å²) in [7, 11) is 1.51. The van der Waals surface area contributed by atoms with Crippen molar-refractivity contribution in [2.24, 2.45) is 0 Å². The summed E-state index contributed by atoms with van der Waals surface area (Å²) < 4.78 is 24.9. The van der Waals surface area contributed by atoms with Gasteiger partial charge in [-0.05, 0) is 35.4 Å². The van der Waals surface area contributed by atoms with E-state index in [1.165, 1.54) is 13.2 Å². The van der Waals surface area contributed by atoms with Gasteiger partial charge in [-0.3, -0.25) is 9.69 Å². The van der Waals surface area contributed by atoms with Crippen molar-refractivity contribution in [1.82, 2.24) is 9.80 Å². The zero-order valence-electron chi connectivity index (χ0n) is 17.8. The highest BCUT2D eigenvalue weighted by molar-refractivity contribution is 5.79. The van der Waals surface area contributed by atoms with Crippen molar-refractivity contribution in [3.05, 3.63) is 70.3 Å². The molecule has 2 atom stereocenters. The topological polar surface area (TPSA) is 70.2 Å². The number of ether oxygens (including phenoxy) is 2. The van der Waals surface area contributed by atoms with Crippen LogP contribution in [0.4, 0.5) is 10.1 Å². The fraction of sp³-hybridized carbons (Fsp3) is 0.375. The lowest BCUT2D eigenvalue weighted by atomic mass is 10.0. The molecule has 0 saturated carbocycles. The maximum atomic E-state index is 13.6. The molecule has 32 heavy (non-hydrogen) atoms. The Bertz CT molecular complexity index is 1110. The van der Waals surface area contributed by atoms with E-state index in [0.29, 0.717) is 37.6 Å². The van der Waals surface area contributed by atoms with Crippen LogP contribution in [0.15, 0.2) is 36.4 Å². The summed E-state index contributed by atoms with van der Waals surface area (Å²) in [5.74, 6) is -0.0280. The summed E-state index contributed by atoms with van der Waals surface area (Å²) in [6.45, 7) is 10.1. The van der Waals surface area contributed by atoms with Crippen LogP contribution in [0.2, 0.25) is 0 Å². The third kappa shape index (κ3) is 4.43. The molecule has 0 aromatic heterocycles. The summed E-state index contributed by atoms with van der Waals surface area (Å²) in [4.78, 5) is 20.3. The molecule has 2 saturated heterocycles. The van der Waals surface area contributed by atoms with E-state index in [1.54, 1.807) is 30.3 Å². The highest BCUT2D eigenvalue weighted by atomic mass is 19.1. The summed E-state index contributed by atoms with van der Waals surface area (Å²) in [6, 6.07) is 11.9. The number of methoxy groups -OCH3 is 1. The van der Waals surface area contributed by atoms with Crippen molar-refractivity contribution < 1.29 is 18.7 Å². The first-order chi connectivity index (χ1) is 15.5. The number of amides is 1. The fourth-order valence-electron chi connectivity index (χ4n) is 4.25. The average molecular weight is 434 g/mol. The molecule has 2 aromatic rings. The lowest BCUT2D eigenvalue weighted by Crippen LogP contribution is -2.59. The molecule has 2 aromatic carbocycles. The van der Waals surface area contributed by atoms with Crippen molar-refractivity contribution in [2.45, 2.75) is 18.6 Å². The normalized spacial score (nSPS) is 20.7. The third-order valence-corrected chi connectivity index (χ3v) is 6.05. The Hall–Kier alpha value is -3.46. The van der Waals surface area contributed by atoms with Gasteiger partial charge in [0.2, 0.25) is 11.6 Å². The van der Waals surface area contributed by atoms with Crippen LogP contribution in [-0.4, -0.2) is 61.6 Å².